The molecule has 0 spiro atoms. The molecule has 20 heavy (non-hydrogen) atoms. The lowest BCUT2D eigenvalue weighted by Crippen LogP contribution is -2.43. The van der Waals surface area contributed by atoms with Crippen LogP contribution in [0.3, 0.4) is 0 Å². The summed E-state index contributed by atoms with van der Waals surface area (Å²) in [5, 5.41) is 2.93. The first-order valence-electron chi connectivity index (χ1n) is 7.30. The van der Waals surface area contributed by atoms with Crippen molar-refractivity contribution in [3.8, 4) is 0 Å². The topological polar surface area (TPSA) is 41.6 Å². The maximum absolute atomic E-state index is 11.7. The minimum absolute atomic E-state index is 0.0764. The van der Waals surface area contributed by atoms with Crippen molar-refractivity contribution in [2.45, 2.75) is 33.2 Å². The molecule has 0 bridgehead atoms. The van der Waals surface area contributed by atoms with Gasteiger partial charge in [0.25, 0.3) is 0 Å². The number of carbonyl (C=O) groups excluding carboxylic acids is 1. The van der Waals surface area contributed by atoms with E-state index in [2.05, 4.69) is 29.3 Å². The van der Waals surface area contributed by atoms with E-state index in [9.17, 15) is 4.79 Å². The zero-order valence-electron chi connectivity index (χ0n) is 12.6. The average Bonchev–Trinajstić information content (AvgIpc) is 2.39. The fraction of sp³-hybridized carbons (Fsp3) is 0.562. The summed E-state index contributed by atoms with van der Waals surface area (Å²) < 4.78 is 5.45. The van der Waals surface area contributed by atoms with Crippen LogP contribution in [0.1, 0.15) is 27.2 Å². The number of carbonyl (C=O) groups is 1. The van der Waals surface area contributed by atoms with Gasteiger partial charge in [-0.2, -0.15) is 0 Å². The molecule has 1 atom stereocenters. The molecule has 0 aliphatic carbocycles. The van der Waals surface area contributed by atoms with Gasteiger partial charge in [0.2, 0.25) is 5.91 Å². The predicted octanol–water partition coefficient (Wildman–Crippen LogP) is 2.90. The highest BCUT2D eigenvalue weighted by atomic mass is 16.5. The van der Waals surface area contributed by atoms with Gasteiger partial charge in [-0.25, -0.2) is 0 Å². The minimum Gasteiger partial charge on any atom is -0.377 e. The summed E-state index contributed by atoms with van der Waals surface area (Å²) in [5.74, 6) is 0.455. The molecule has 1 saturated heterocycles. The zero-order valence-corrected chi connectivity index (χ0v) is 12.6. The van der Waals surface area contributed by atoms with Crippen LogP contribution < -0.4 is 10.2 Å². The molecule has 0 saturated carbocycles. The van der Waals surface area contributed by atoms with Crippen LogP contribution in [0.4, 0.5) is 11.4 Å². The molecule has 1 fully saturated rings. The van der Waals surface area contributed by atoms with E-state index in [1.165, 1.54) is 5.69 Å². The van der Waals surface area contributed by atoms with Gasteiger partial charge in [0.05, 0.1) is 13.2 Å². The van der Waals surface area contributed by atoms with E-state index in [1.807, 2.05) is 26.0 Å². The summed E-state index contributed by atoms with van der Waals surface area (Å²) in [6.07, 6.45) is 0.558. The Kier molecular flexibility index (Phi) is 5.01. The molecule has 1 aliphatic heterocycles. The molecular weight excluding hydrogens is 252 g/mol. The van der Waals surface area contributed by atoms with Crippen LogP contribution in [0.5, 0.6) is 0 Å². The van der Waals surface area contributed by atoms with Crippen LogP contribution >= 0.6 is 0 Å². The second kappa shape index (κ2) is 6.75. The van der Waals surface area contributed by atoms with Gasteiger partial charge in [-0.05, 0) is 37.1 Å². The summed E-state index contributed by atoms with van der Waals surface area (Å²) in [6, 6.07) is 8.45. The number of nitrogens with one attached hydrogen (secondary N) is 1. The van der Waals surface area contributed by atoms with Gasteiger partial charge >= 0.3 is 0 Å². The molecule has 4 heteroatoms. The first kappa shape index (κ1) is 14.9. The number of anilines is 2. The molecular formula is C16H24N2O2. The highest BCUT2D eigenvalue weighted by Gasteiger charge is 2.18. The Morgan fingerprint density at radius 1 is 1.40 bits per heavy atom. The normalized spacial score (nSPS) is 19.2. The van der Waals surface area contributed by atoms with Crippen LogP contribution in [-0.2, 0) is 9.53 Å². The standard InChI is InChI=1S/C16H24N2O2/c1-12(2)10-16(19)17-14-4-6-15(7-5-14)18-8-9-20-11-13(18)3/h4-7,12-13H,8-11H2,1-3H3,(H,17,19). The van der Waals surface area contributed by atoms with E-state index in [-0.39, 0.29) is 5.91 Å². The van der Waals surface area contributed by atoms with Crippen molar-refractivity contribution >= 4 is 17.3 Å². The number of hydrogen-bond acceptors (Lipinski definition) is 3. The third-order valence-corrected chi connectivity index (χ3v) is 3.44. The number of morpholine rings is 1. The van der Waals surface area contributed by atoms with Crippen molar-refractivity contribution in [1.82, 2.24) is 0 Å². The van der Waals surface area contributed by atoms with E-state index in [4.69, 9.17) is 4.74 Å². The number of nitrogens with zero attached hydrogens (tertiary/aromatic N) is 1. The van der Waals surface area contributed by atoms with Gasteiger partial charge < -0.3 is 15.0 Å². The maximum Gasteiger partial charge on any atom is 0.224 e. The Balaban J connectivity index is 1.97. The van der Waals surface area contributed by atoms with Gasteiger partial charge in [-0.1, -0.05) is 13.8 Å². The van der Waals surface area contributed by atoms with Crippen molar-refractivity contribution in [2.24, 2.45) is 5.92 Å². The molecule has 1 unspecified atom stereocenters. The summed E-state index contributed by atoms with van der Waals surface area (Å²) in [6.45, 7) is 8.72. The van der Waals surface area contributed by atoms with Gasteiger partial charge in [0.15, 0.2) is 0 Å². The monoisotopic (exact) mass is 276 g/mol. The lowest BCUT2D eigenvalue weighted by Gasteiger charge is -2.35. The molecule has 1 aliphatic rings. The van der Waals surface area contributed by atoms with E-state index in [0.717, 1.165) is 25.4 Å². The molecule has 0 radical (unpaired) electrons. The third kappa shape index (κ3) is 3.97. The lowest BCUT2D eigenvalue weighted by atomic mass is 10.1. The van der Waals surface area contributed by atoms with Crippen LogP contribution in [0.25, 0.3) is 0 Å². The first-order chi connectivity index (χ1) is 9.56. The van der Waals surface area contributed by atoms with Crippen molar-refractivity contribution in [3.63, 3.8) is 0 Å². The highest BCUT2D eigenvalue weighted by Crippen LogP contribution is 2.22. The summed E-state index contributed by atoms with van der Waals surface area (Å²) in [7, 11) is 0. The number of ether oxygens (including phenoxy) is 1. The fourth-order valence-electron chi connectivity index (χ4n) is 2.43. The Hall–Kier alpha value is -1.55. The molecule has 1 aromatic carbocycles. The SMILES string of the molecule is CC(C)CC(=O)Nc1ccc(N2CCOCC2C)cc1. The minimum atomic E-state index is 0.0764. The Labute approximate surface area is 121 Å². The average molecular weight is 276 g/mol. The Bertz CT molecular complexity index is 442. The molecule has 4 nitrogen and oxygen atoms in total. The lowest BCUT2D eigenvalue weighted by molar-refractivity contribution is -0.116. The number of hydrogen-bond donors (Lipinski definition) is 1. The Morgan fingerprint density at radius 2 is 2.10 bits per heavy atom. The summed E-state index contributed by atoms with van der Waals surface area (Å²) in [4.78, 5) is 14.1. The smallest absolute Gasteiger partial charge is 0.224 e. The van der Waals surface area contributed by atoms with Gasteiger partial charge in [-0.15, -0.1) is 0 Å². The zero-order chi connectivity index (χ0) is 14.5. The van der Waals surface area contributed by atoms with Crippen molar-refractivity contribution in [2.75, 3.05) is 30.0 Å². The van der Waals surface area contributed by atoms with Gasteiger partial charge in [0.1, 0.15) is 0 Å². The third-order valence-electron chi connectivity index (χ3n) is 3.44. The molecule has 1 aromatic rings. The van der Waals surface area contributed by atoms with Gasteiger partial charge in [0, 0.05) is 30.4 Å². The highest BCUT2D eigenvalue weighted by molar-refractivity contribution is 5.91. The van der Waals surface area contributed by atoms with Crippen LogP contribution in [-0.4, -0.2) is 31.7 Å². The van der Waals surface area contributed by atoms with Gasteiger partial charge in [-0.3, -0.25) is 4.79 Å². The molecule has 110 valence electrons. The summed E-state index contributed by atoms with van der Waals surface area (Å²) in [5.41, 5.74) is 2.04. The van der Waals surface area contributed by atoms with E-state index < -0.39 is 0 Å². The fourth-order valence-corrected chi connectivity index (χ4v) is 2.43. The second-order valence-electron chi connectivity index (χ2n) is 5.81. The molecule has 1 N–H and O–H groups in total. The molecule has 1 amide bonds. The quantitative estimate of drug-likeness (QED) is 0.919. The maximum atomic E-state index is 11.7. The number of amides is 1. The van der Waals surface area contributed by atoms with Crippen molar-refractivity contribution in [1.29, 1.82) is 0 Å². The summed E-state index contributed by atoms with van der Waals surface area (Å²) >= 11 is 0. The Morgan fingerprint density at radius 3 is 2.70 bits per heavy atom. The number of rotatable bonds is 4. The van der Waals surface area contributed by atoms with Crippen molar-refractivity contribution < 1.29 is 9.53 Å². The second-order valence-corrected chi connectivity index (χ2v) is 5.81. The molecule has 1 heterocycles. The largest absolute Gasteiger partial charge is 0.377 e. The predicted molar refractivity (Wildman–Crippen MR) is 82.2 cm³/mol. The first-order valence-corrected chi connectivity index (χ1v) is 7.30. The van der Waals surface area contributed by atoms with E-state index in [0.29, 0.717) is 18.4 Å². The van der Waals surface area contributed by atoms with Crippen LogP contribution in [0, 0.1) is 5.92 Å². The van der Waals surface area contributed by atoms with E-state index in [1.54, 1.807) is 0 Å². The molecule has 2 rings (SSSR count). The molecule has 0 aromatic heterocycles. The van der Waals surface area contributed by atoms with Crippen molar-refractivity contribution in [3.05, 3.63) is 24.3 Å². The van der Waals surface area contributed by atoms with Crippen LogP contribution in [0.15, 0.2) is 24.3 Å². The number of benzene rings is 1. The van der Waals surface area contributed by atoms with Crippen LogP contribution in [0.2, 0.25) is 0 Å². The van der Waals surface area contributed by atoms with E-state index >= 15 is 0 Å².